The molecule has 1 unspecified atom stereocenters. The molecule has 1 N–H and O–H groups in total. The SMILES string of the molecule is CNc1ccnc(C2CN(C(C)C)CCO2)n1. The first-order chi connectivity index (χ1) is 8.20. The van der Waals surface area contributed by atoms with Crippen molar-refractivity contribution in [2.24, 2.45) is 0 Å². The number of morpholine rings is 1. The second-order valence-corrected chi connectivity index (χ2v) is 4.50. The summed E-state index contributed by atoms with van der Waals surface area (Å²) in [6, 6.07) is 2.39. The third kappa shape index (κ3) is 2.92. The molecule has 0 aromatic carbocycles. The van der Waals surface area contributed by atoms with Crippen LogP contribution in [0.5, 0.6) is 0 Å². The average Bonchev–Trinajstić information content (AvgIpc) is 2.39. The number of hydrogen-bond acceptors (Lipinski definition) is 5. The monoisotopic (exact) mass is 236 g/mol. The van der Waals surface area contributed by atoms with E-state index in [2.05, 4.69) is 34.0 Å². The first kappa shape index (κ1) is 12.3. The Morgan fingerprint density at radius 2 is 2.35 bits per heavy atom. The van der Waals surface area contributed by atoms with Gasteiger partial charge in [-0.05, 0) is 19.9 Å². The lowest BCUT2D eigenvalue weighted by molar-refractivity contribution is -0.0442. The summed E-state index contributed by atoms with van der Waals surface area (Å²) in [5.41, 5.74) is 0. The minimum Gasteiger partial charge on any atom is -0.373 e. The Kier molecular flexibility index (Phi) is 3.91. The van der Waals surface area contributed by atoms with Crippen LogP contribution in [0.2, 0.25) is 0 Å². The number of rotatable bonds is 3. The Bertz CT molecular complexity index is 369. The number of hydrogen-bond donors (Lipinski definition) is 1. The maximum absolute atomic E-state index is 5.75. The molecule has 1 saturated heterocycles. The summed E-state index contributed by atoms with van der Waals surface area (Å²) in [5, 5.41) is 3.02. The normalized spacial score (nSPS) is 21.8. The Labute approximate surface area is 102 Å². The van der Waals surface area contributed by atoms with Gasteiger partial charge in [-0.15, -0.1) is 0 Å². The van der Waals surface area contributed by atoms with Gasteiger partial charge in [0.15, 0.2) is 5.82 Å². The van der Waals surface area contributed by atoms with Crippen molar-refractivity contribution < 1.29 is 4.74 Å². The van der Waals surface area contributed by atoms with E-state index in [9.17, 15) is 0 Å². The number of nitrogens with one attached hydrogen (secondary N) is 1. The molecule has 0 radical (unpaired) electrons. The molecule has 2 rings (SSSR count). The van der Waals surface area contributed by atoms with Crippen molar-refractivity contribution in [3.8, 4) is 0 Å². The molecule has 0 spiro atoms. The number of aromatic nitrogens is 2. The fraction of sp³-hybridized carbons (Fsp3) is 0.667. The summed E-state index contributed by atoms with van der Waals surface area (Å²) in [6.07, 6.45) is 1.76. The summed E-state index contributed by atoms with van der Waals surface area (Å²) in [7, 11) is 1.86. The predicted molar refractivity (Wildman–Crippen MR) is 67.0 cm³/mol. The van der Waals surface area contributed by atoms with Crippen LogP contribution in [0.3, 0.4) is 0 Å². The standard InChI is InChI=1S/C12H20N4O/c1-9(2)16-6-7-17-10(8-16)12-14-5-4-11(13-3)15-12/h4-5,9-10H,6-8H2,1-3H3,(H,13,14,15). The Hall–Kier alpha value is -1.20. The molecule has 0 bridgehead atoms. The van der Waals surface area contributed by atoms with Crippen LogP contribution in [0.4, 0.5) is 5.82 Å². The zero-order chi connectivity index (χ0) is 12.3. The highest BCUT2D eigenvalue weighted by molar-refractivity contribution is 5.31. The van der Waals surface area contributed by atoms with E-state index in [1.807, 2.05) is 13.1 Å². The maximum Gasteiger partial charge on any atom is 0.160 e. The zero-order valence-corrected chi connectivity index (χ0v) is 10.7. The molecule has 1 atom stereocenters. The van der Waals surface area contributed by atoms with E-state index in [0.717, 1.165) is 31.3 Å². The van der Waals surface area contributed by atoms with Gasteiger partial charge < -0.3 is 10.1 Å². The highest BCUT2D eigenvalue weighted by Crippen LogP contribution is 2.21. The molecule has 1 aliphatic heterocycles. The molecule has 0 saturated carbocycles. The molecule has 5 nitrogen and oxygen atoms in total. The van der Waals surface area contributed by atoms with Gasteiger partial charge in [0, 0.05) is 32.4 Å². The lowest BCUT2D eigenvalue weighted by atomic mass is 10.2. The van der Waals surface area contributed by atoms with Crippen LogP contribution < -0.4 is 5.32 Å². The van der Waals surface area contributed by atoms with E-state index in [4.69, 9.17) is 4.74 Å². The topological polar surface area (TPSA) is 50.3 Å². The predicted octanol–water partition coefficient (Wildman–Crippen LogP) is 1.30. The van der Waals surface area contributed by atoms with E-state index in [1.165, 1.54) is 0 Å². The molecule has 0 aliphatic carbocycles. The second kappa shape index (κ2) is 5.42. The van der Waals surface area contributed by atoms with Crippen molar-refractivity contribution >= 4 is 5.82 Å². The van der Waals surface area contributed by atoms with E-state index in [0.29, 0.717) is 6.04 Å². The number of anilines is 1. The summed E-state index contributed by atoms with van der Waals surface area (Å²) in [4.78, 5) is 11.1. The van der Waals surface area contributed by atoms with Crippen LogP contribution >= 0.6 is 0 Å². The molecule has 2 heterocycles. The Balaban J connectivity index is 2.10. The second-order valence-electron chi connectivity index (χ2n) is 4.50. The van der Waals surface area contributed by atoms with Crippen molar-refractivity contribution in [3.05, 3.63) is 18.1 Å². The van der Waals surface area contributed by atoms with Gasteiger partial charge in [0.25, 0.3) is 0 Å². The maximum atomic E-state index is 5.75. The van der Waals surface area contributed by atoms with Gasteiger partial charge in [-0.3, -0.25) is 4.90 Å². The van der Waals surface area contributed by atoms with Gasteiger partial charge in [-0.2, -0.15) is 0 Å². The fourth-order valence-corrected chi connectivity index (χ4v) is 1.96. The van der Waals surface area contributed by atoms with E-state index in [1.54, 1.807) is 6.20 Å². The van der Waals surface area contributed by atoms with Crippen molar-refractivity contribution in [1.29, 1.82) is 0 Å². The van der Waals surface area contributed by atoms with Crippen LogP contribution in [-0.4, -0.2) is 47.7 Å². The molecule has 17 heavy (non-hydrogen) atoms. The molecule has 5 heteroatoms. The van der Waals surface area contributed by atoms with Crippen LogP contribution in [0, 0.1) is 0 Å². The third-order valence-corrected chi connectivity index (χ3v) is 3.05. The van der Waals surface area contributed by atoms with Gasteiger partial charge in [-0.25, -0.2) is 9.97 Å². The number of ether oxygens (including phenoxy) is 1. The van der Waals surface area contributed by atoms with Crippen molar-refractivity contribution in [3.63, 3.8) is 0 Å². The first-order valence-corrected chi connectivity index (χ1v) is 6.07. The minimum atomic E-state index is -0.0144. The van der Waals surface area contributed by atoms with E-state index >= 15 is 0 Å². The summed E-state index contributed by atoms with van der Waals surface area (Å²) in [5.74, 6) is 1.60. The third-order valence-electron chi connectivity index (χ3n) is 3.05. The van der Waals surface area contributed by atoms with Crippen molar-refractivity contribution in [1.82, 2.24) is 14.9 Å². The van der Waals surface area contributed by atoms with Crippen LogP contribution in [0.25, 0.3) is 0 Å². The van der Waals surface area contributed by atoms with E-state index < -0.39 is 0 Å². The van der Waals surface area contributed by atoms with Crippen LogP contribution in [0.1, 0.15) is 25.8 Å². The molecular formula is C12H20N4O. The highest BCUT2D eigenvalue weighted by atomic mass is 16.5. The van der Waals surface area contributed by atoms with Crippen LogP contribution in [-0.2, 0) is 4.74 Å². The largest absolute Gasteiger partial charge is 0.373 e. The molecule has 0 amide bonds. The molecule has 1 aliphatic rings. The smallest absolute Gasteiger partial charge is 0.160 e. The van der Waals surface area contributed by atoms with Crippen molar-refractivity contribution in [2.75, 3.05) is 32.1 Å². The first-order valence-electron chi connectivity index (χ1n) is 6.07. The Morgan fingerprint density at radius 3 is 3.06 bits per heavy atom. The molecular weight excluding hydrogens is 216 g/mol. The molecule has 1 aromatic rings. The lowest BCUT2D eigenvalue weighted by Crippen LogP contribution is -2.42. The van der Waals surface area contributed by atoms with Gasteiger partial charge in [-0.1, -0.05) is 0 Å². The van der Waals surface area contributed by atoms with Crippen LogP contribution in [0.15, 0.2) is 12.3 Å². The van der Waals surface area contributed by atoms with Gasteiger partial charge in [0.2, 0.25) is 0 Å². The van der Waals surface area contributed by atoms with Gasteiger partial charge in [0.1, 0.15) is 11.9 Å². The fourth-order valence-electron chi connectivity index (χ4n) is 1.96. The highest BCUT2D eigenvalue weighted by Gasteiger charge is 2.25. The lowest BCUT2D eigenvalue weighted by Gasteiger charge is -2.34. The quantitative estimate of drug-likeness (QED) is 0.857. The van der Waals surface area contributed by atoms with E-state index in [-0.39, 0.29) is 6.10 Å². The van der Waals surface area contributed by atoms with Crippen molar-refractivity contribution in [2.45, 2.75) is 26.0 Å². The average molecular weight is 236 g/mol. The molecule has 1 aromatic heterocycles. The molecule has 1 fully saturated rings. The Morgan fingerprint density at radius 1 is 1.53 bits per heavy atom. The summed E-state index contributed by atoms with van der Waals surface area (Å²) < 4.78 is 5.75. The summed E-state index contributed by atoms with van der Waals surface area (Å²) >= 11 is 0. The zero-order valence-electron chi connectivity index (χ0n) is 10.7. The molecule has 94 valence electrons. The minimum absolute atomic E-state index is 0.0144. The van der Waals surface area contributed by atoms with Gasteiger partial charge >= 0.3 is 0 Å². The van der Waals surface area contributed by atoms with Gasteiger partial charge in [0.05, 0.1) is 6.61 Å². The summed E-state index contributed by atoms with van der Waals surface area (Å²) in [6.45, 7) is 7.00. The number of nitrogens with zero attached hydrogens (tertiary/aromatic N) is 3.